The van der Waals surface area contributed by atoms with Gasteiger partial charge in [-0.1, -0.05) is 6.07 Å². The smallest absolute Gasteiger partial charge is 0.138 e. The van der Waals surface area contributed by atoms with Gasteiger partial charge in [-0.2, -0.15) is 12.6 Å². The van der Waals surface area contributed by atoms with E-state index < -0.39 is 0 Å². The molecular weight excluding hydrogens is 206 g/mol. The van der Waals surface area contributed by atoms with E-state index in [1.54, 1.807) is 6.20 Å². The highest BCUT2D eigenvalue weighted by Gasteiger charge is 2.03. The van der Waals surface area contributed by atoms with Crippen molar-refractivity contribution in [2.24, 2.45) is 0 Å². The third-order valence-corrected chi connectivity index (χ3v) is 2.25. The molecule has 15 heavy (non-hydrogen) atoms. The lowest BCUT2D eigenvalue weighted by Gasteiger charge is -2.03. The molecule has 0 aliphatic heterocycles. The fourth-order valence-electron chi connectivity index (χ4n) is 1.35. The molecule has 2 aromatic heterocycles. The van der Waals surface area contributed by atoms with Crippen molar-refractivity contribution in [1.29, 1.82) is 0 Å². The minimum Gasteiger partial charge on any atom is -0.255 e. The summed E-state index contributed by atoms with van der Waals surface area (Å²) in [5, 5.41) is 0. The number of nitrogens with zero attached hydrogens (tertiary/aromatic N) is 3. The maximum absolute atomic E-state index is 4.37. The minimum atomic E-state index is 0.543. The predicted octanol–water partition coefficient (Wildman–Crippen LogP) is 2.28. The van der Waals surface area contributed by atoms with Crippen molar-refractivity contribution in [3.63, 3.8) is 0 Å². The van der Waals surface area contributed by atoms with Gasteiger partial charge in [-0.05, 0) is 25.1 Å². The van der Waals surface area contributed by atoms with Crippen LogP contribution in [0.3, 0.4) is 0 Å². The highest BCUT2D eigenvalue weighted by molar-refractivity contribution is 7.79. The molecule has 0 spiro atoms. The van der Waals surface area contributed by atoms with Gasteiger partial charge in [0.1, 0.15) is 5.82 Å². The van der Waals surface area contributed by atoms with E-state index in [9.17, 15) is 0 Å². The molecule has 0 N–H and O–H groups in total. The average molecular weight is 217 g/mol. The van der Waals surface area contributed by atoms with E-state index in [0.717, 1.165) is 22.9 Å². The standard InChI is InChI=1S/C11H11N3S/c1-8-6-10(14-11(7-15)13-8)9-4-2-3-5-12-9/h2-6,15H,7H2,1H3. The topological polar surface area (TPSA) is 38.7 Å². The summed E-state index contributed by atoms with van der Waals surface area (Å²) >= 11 is 4.17. The number of hydrogen-bond acceptors (Lipinski definition) is 4. The molecule has 2 aromatic rings. The molecule has 0 saturated carbocycles. The van der Waals surface area contributed by atoms with E-state index in [1.165, 1.54) is 0 Å². The van der Waals surface area contributed by atoms with Gasteiger partial charge in [-0.3, -0.25) is 4.98 Å². The summed E-state index contributed by atoms with van der Waals surface area (Å²) in [6.45, 7) is 1.95. The van der Waals surface area contributed by atoms with E-state index in [1.807, 2.05) is 31.2 Å². The second-order valence-electron chi connectivity index (χ2n) is 3.18. The number of aromatic nitrogens is 3. The van der Waals surface area contributed by atoms with Gasteiger partial charge in [0.05, 0.1) is 17.1 Å². The molecular formula is C11H11N3S. The van der Waals surface area contributed by atoms with Gasteiger partial charge in [0.2, 0.25) is 0 Å². The minimum absolute atomic E-state index is 0.543. The Bertz CT molecular complexity index is 457. The monoisotopic (exact) mass is 217 g/mol. The van der Waals surface area contributed by atoms with Crippen LogP contribution in [0.5, 0.6) is 0 Å². The summed E-state index contributed by atoms with van der Waals surface area (Å²) in [5.41, 5.74) is 2.66. The van der Waals surface area contributed by atoms with Crippen molar-refractivity contribution in [3.05, 3.63) is 42.0 Å². The molecule has 2 rings (SSSR count). The van der Waals surface area contributed by atoms with E-state index in [4.69, 9.17) is 0 Å². The fraction of sp³-hybridized carbons (Fsp3) is 0.182. The second kappa shape index (κ2) is 4.40. The SMILES string of the molecule is Cc1cc(-c2ccccn2)nc(CS)n1. The Morgan fingerprint density at radius 2 is 2.07 bits per heavy atom. The number of thiol groups is 1. The van der Waals surface area contributed by atoms with Crippen LogP contribution in [0.15, 0.2) is 30.5 Å². The van der Waals surface area contributed by atoms with Crippen LogP contribution in [0.1, 0.15) is 11.5 Å². The Labute approximate surface area is 94.0 Å². The van der Waals surface area contributed by atoms with Crippen molar-refractivity contribution in [1.82, 2.24) is 15.0 Å². The highest BCUT2D eigenvalue weighted by atomic mass is 32.1. The first-order valence-corrected chi connectivity index (χ1v) is 5.29. The fourth-order valence-corrected chi connectivity index (χ4v) is 1.49. The molecule has 2 heterocycles. The van der Waals surface area contributed by atoms with Gasteiger partial charge in [-0.15, -0.1) is 0 Å². The lowest BCUT2D eigenvalue weighted by atomic mass is 10.2. The first-order valence-electron chi connectivity index (χ1n) is 4.66. The average Bonchev–Trinajstić information content (AvgIpc) is 2.29. The zero-order valence-electron chi connectivity index (χ0n) is 8.38. The molecule has 0 aromatic carbocycles. The Balaban J connectivity index is 2.49. The molecule has 0 atom stereocenters. The van der Waals surface area contributed by atoms with Crippen LogP contribution in [0.2, 0.25) is 0 Å². The quantitative estimate of drug-likeness (QED) is 0.784. The van der Waals surface area contributed by atoms with Gasteiger partial charge in [0.25, 0.3) is 0 Å². The molecule has 0 aliphatic rings. The van der Waals surface area contributed by atoms with Crippen LogP contribution in [0, 0.1) is 6.92 Å². The molecule has 0 saturated heterocycles. The number of rotatable bonds is 2. The van der Waals surface area contributed by atoms with Crippen LogP contribution in [-0.2, 0) is 5.75 Å². The van der Waals surface area contributed by atoms with Gasteiger partial charge < -0.3 is 0 Å². The predicted molar refractivity (Wildman–Crippen MR) is 62.7 cm³/mol. The Morgan fingerprint density at radius 1 is 1.20 bits per heavy atom. The van der Waals surface area contributed by atoms with Crippen molar-refractivity contribution >= 4 is 12.6 Å². The van der Waals surface area contributed by atoms with E-state index >= 15 is 0 Å². The maximum Gasteiger partial charge on any atom is 0.138 e. The van der Waals surface area contributed by atoms with Gasteiger partial charge in [0, 0.05) is 11.9 Å². The van der Waals surface area contributed by atoms with Crippen molar-refractivity contribution in [3.8, 4) is 11.4 Å². The van der Waals surface area contributed by atoms with Gasteiger partial charge >= 0.3 is 0 Å². The number of pyridine rings is 1. The third-order valence-electron chi connectivity index (χ3n) is 1.97. The number of hydrogen-bond donors (Lipinski definition) is 1. The van der Waals surface area contributed by atoms with Crippen molar-refractivity contribution in [2.45, 2.75) is 12.7 Å². The van der Waals surface area contributed by atoms with E-state index in [0.29, 0.717) is 5.75 Å². The zero-order chi connectivity index (χ0) is 10.7. The molecule has 0 aliphatic carbocycles. The number of aryl methyl sites for hydroxylation is 1. The summed E-state index contributed by atoms with van der Waals surface area (Å²) in [4.78, 5) is 12.9. The summed E-state index contributed by atoms with van der Waals surface area (Å²) in [6, 6.07) is 7.69. The molecule has 0 fully saturated rings. The maximum atomic E-state index is 4.37. The second-order valence-corrected chi connectivity index (χ2v) is 3.50. The lowest BCUT2D eigenvalue weighted by molar-refractivity contribution is 0.998. The van der Waals surface area contributed by atoms with Gasteiger partial charge in [-0.25, -0.2) is 9.97 Å². The van der Waals surface area contributed by atoms with Gasteiger partial charge in [0.15, 0.2) is 0 Å². The molecule has 0 amide bonds. The normalized spacial score (nSPS) is 10.3. The summed E-state index contributed by atoms with van der Waals surface area (Å²) < 4.78 is 0. The molecule has 0 unspecified atom stereocenters. The largest absolute Gasteiger partial charge is 0.255 e. The van der Waals surface area contributed by atoms with Crippen molar-refractivity contribution in [2.75, 3.05) is 0 Å². The molecule has 4 heteroatoms. The van der Waals surface area contributed by atoms with Crippen LogP contribution in [0.25, 0.3) is 11.4 Å². The summed E-state index contributed by atoms with van der Waals surface area (Å²) in [5.74, 6) is 1.28. The zero-order valence-corrected chi connectivity index (χ0v) is 9.28. The molecule has 3 nitrogen and oxygen atoms in total. The first kappa shape index (κ1) is 10.1. The lowest BCUT2D eigenvalue weighted by Crippen LogP contribution is -1.97. The van der Waals surface area contributed by atoms with Crippen LogP contribution >= 0.6 is 12.6 Å². The third kappa shape index (κ3) is 2.33. The van der Waals surface area contributed by atoms with Crippen LogP contribution in [0.4, 0.5) is 0 Å². The highest BCUT2D eigenvalue weighted by Crippen LogP contribution is 2.14. The Kier molecular flexibility index (Phi) is 2.97. The van der Waals surface area contributed by atoms with E-state index in [-0.39, 0.29) is 0 Å². The van der Waals surface area contributed by atoms with E-state index in [2.05, 4.69) is 27.6 Å². The summed E-state index contributed by atoms with van der Waals surface area (Å²) in [7, 11) is 0. The van der Waals surface area contributed by atoms with Crippen molar-refractivity contribution < 1.29 is 0 Å². The molecule has 0 radical (unpaired) electrons. The Hall–Kier alpha value is -1.42. The molecule has 0 bridgehead atoms. The molecule has 76 valence electrons. The van der Waals surface area contributed by atoms with Crippen LogP contribution < -0.4 is 0 Å². The summed E-state index contributed by atoms with van der Waals surface area (Å²) in [6.07, 6.45) is 1.76. The Morgan fingerprint density at radius 3 is 2.73 bits per heavy atom. The van der Waals surface area contributed by atoms with Crippen LogP contribution in [-0.4, -0.2) is 15.0 Å². The first-order chi connectivity index (χ1) is 7.29.